The minimum absolute atomic E-state index is 0.273. The molecule has 0 aliphatic carbocycles. The maximum atomic E-state index is 12.8. The van der Waals surface area contributed by atoms with Crippen LogP contribution in [0.25, 0.3) is 22.6 Å². The highest BCUT2D eigenvalue weighted by Gasteiger charge is 2.30. The fourth-order valence-electron chi connectivity index (χ4n) is 4.17. The average molecular weight is 497 g/mol. The third kappa shape index (κ3) is 4.99. The summed E-state index contributed by atoms with van der Waals surface area (Å²) >= 11 is 6.26. The summed E-state index contributed by atoms with van der Waals surface area (Å²) in [6.07, 6.45) is -2.04. The number of hydrogen-bond acceptors (Lipinski definition) is 4. The highest BCUT2D eigenvalue weighted by Crippen LogP contribution is 2.30. The highest BCUT2D eigenvalue weighted by atomic mass is 35.5. The van der Waals surface area contributed by atoms with E-state index < -0.39 is 11.7 Å². The first-order valence-corrected chi connectivity index (χ1v) is 11.4. The predicted octanol–water partition coefficient (Wildman–Crippen LogP) is 5.73. The molecule has 5 rings (SSSR count). The Kier molecular flexibility index (Phi) is 6.17. The number of fused-ring (bicyclic) bond motifs is 1. The van der Waals surface area contributed by atoms with Crippen LogP contribution >= 0.6 is 11.6 Å². The van der Waals surface area contributed by atoms with Crippen LogP contribution in [-0.2, 0) is 25.7 Å². The molecule has 5 nitrogen and oxygen atoms in total. The van der Waals surface area contributed by atoms with E-state index in [9.17, 15) is 18.0 Å². The zero-order valence-electron chi connectivity index (χ0n) is 18.4. The van der Waals surface area contributed by atoms with Gasteiger partial charge in [0.15, 0.2) is 0 Å². The van der Waals surface area contributed by atoms with Crippen LogP contribution in [0.2, 0.25) is 5.02 Å². The first kappa shape index (κ1) is 23.3. The summed E-state index contributed by atoms with van der Waals surface area (Å²) in [6, 6.07) is 16.1. The van der Waals surface area contributed by atoms with Crippen molar-refractivity contribution in [3.05, 3.63) is 105 Å². The summed E-state index contributed by atoms with van der Waals surface area (Å²) in [5.41, 5.74) is 3.34. The number of hydrogen-bond donors (Lipinski definition) is 1. The monoisotopic (exact) mass is 496 g/mol. The van der Waals surface area contributed by atoms with Crippen molar-refractivity contribution >= 4 is 11.6 Å². The van der Waals surface area contributed by atoms with Crippen molar-refractivity contribution < 1.29 is 13.2 Å². The van der Waals surface area contributed by atoms with E-state index in [1.807, 2.05) is 42.6 Å². The van der Waals surface area contributed by atoms with Gasteiger partial charge in [-0.05, 0) is 29.8 Å². The zero-order chi connectivity index (χ0) is 24.6. The molecule has 0 atom stereocenters. The van der Waals surface area contributed by atoms with Crippen molar-refractivity contribution in [3.63, 3.8) is 0 Å². The van der Waals surface area contributed by atoms with Crippen LogP contribution in [0.15, 0.2) is 71.7 Å². The molecule has 1 N–H and O–H groups in total. The van der Waals surface area contributed by atoms with E-state index in [0.717, 1.165) is 29.0 Å². The Morgan fingerprint density at radius 1 is 1.03 bits per heavy atom. The van der Waals surface area contributed by atoms with E-state index in [4.69, 9.17) is 11.6 Å². The van der Waals surface area contributed by atoms with Crippen LogP contribution in [0.4, 0.5) is 13.2 Å². The maximum absolute atomic E-state index is 12.8. The molecule has 0 unspecified atom stereocenters. The number of nitrogens with zero attached hydrogens (tertiary/aromatic N) is 3. The summed E-state index contributed by atoms with van der Waals surface area (Å²) in [5.74, 6) is 0.273. The molecule has 3 heterocycles. The normalized spacial score (nSPS) is 14.1. The van der Waals surface area contributed by atoms with E-state index >= 15 is 0 Å². The van der Waals surface area contributed by atoms with E-state index in [0.29, 0.717) is 47.9 Å². The molecular formula is C26H20ClF3N4O. The molecule has 0 saturated heterocycles. The Hall–Kier alpha value is -3.49. The fourth-order valence-corrected chi connectivity index (χ4v) is 4.41. The van der Waals surface area contributed by atoms with Crippen molar-refractivity contribution in [2.45, 2.75) is 25.7 Å². The Morgan fingerprint density at radius 3 is 2.49 bits per heavy atom. The summed E-state index contributed by atoms with van der Waals surface area (Å²) in [7, 11) is 0. The number of pyridine rings is 1. The number of H-pyrrole nitrogens is 1. The van der Waals surface area contributed by atoms with Crippen LogP contribution < -0.4 is 5.56 Å². The Bertz CT molecular complexity index is 1420. The minimum Gasteiger partial charge on any atom is -0.306 e. The lowest BCUT2D eigenvalue weighted by molar-refractivity contribution is -0.137. The molecule has 2 aromatic carbocycles. The van der Waals surface area contributed by atoms with Gasteiger partial charge < -0.3 is 4.98 Å². The largest absolute Gasteiger partial charge is 0.416 e. The number of rotatable bonds is 4. The molecule has 0 spiro atoms. The first-order chi connectivity index (χ1) is 16.8. The number of nitrogens with one attached hydrogen (secondary N) is 1. The third-order valence-corrected chi connectivity index (χ3v) is 6.34. The van der Waals surface area contributed by atoms with Crippen LogP contribution in [0.1, 0.15) is 22.4 Å². The second-order valence-corrected chi connectivity index (χ2v) is 8.81. The van der Waals surface area contributed by atoms with Gasteiger partial charge in [-0.25, -0.2) is 4.98 Å². The molecule has 2 aromatic heterocycles. The molecule has 0 amide bonds. The predicted molar refractivity (Wildman–Crippen MR) is 128 cm³/mol. The van der Waals surface area contributed by atoms with Gasteiger partial charge in [0.05, 0.1) is 22.5 Å². The van der Waals surface area contributed by atoms with E-state index in [1.54, 1.807) is 0 Å². The van der Waals surface area contributed by atoms with Crippen LogP contribution in [0, 0.1) is 0 Å². The molecule has 4 aromatic rings. The zero-order valence-corrected chi connectivity index (χ0v) is 19.2. The van der Waals surface area contributed by atoms with Crippen molar-refractivity contribution in [1.82, 2.24) is 19.9 Å². The number of aromatic nitrogens is 3. The lowest BCUT2D eigenvalue weighted by atomic mass is 10.0. The second-order valence-electron chi connectivity index (χ2n) is 8.41. The smallest absolute Gasteiger partial charge is 0.306 e. The SMILES string of the molecule is O=c1[nH]c(-c2ccc(C(F)(F)F)cc2)nc2c1CN(Cc1ccc(-c3ccccc3Cl)nc1)CC2. The van der Waals surface area contributed by atoms with E-state index in [1.165, 1.54) is 12.1 Å². The standard InChI is InChI=1S/C26H20ClF3N4O/c27-21-4-2-1-3-19(21)22-10-5-16(13-31-22)14-34-12-11-23-20(15-34)25(35)33-24(32-23)17-6-8-18(9-7-17)26(28,29)30/h1-10,13H,11-12,14-15H2,(H,32,33,35). The van der Waals surface area contributed by atoms with Crippen LogP contribution in [0.5, 0.6) is 0 Å². The topological polar surface area (TPSA) is 61.9 Å². The van der Waals surface area contributed by atoms with Gasteiger partial charge in [0.25, 0.3) is 5.56 Å². The summed E-state index contributed by atoms with van der Waals surface area (Å²) in [4.78, 5) is 26.7. The Morgan fingerprint density at radius 2 is 1.80 bits per heavy atom. The fraction of sp³-hybridized carbons (Fsp3) is 0.192. The second kappa shape index (κ2) is 9.28. The molecule has 0 radical (unpaired) electrons. The summed E-state index contributed by atoms with van der Waals surface area (Å²) < 4.78 is 38.5. The molecule has 0 saturated carbocycles. The molecular weight excluding hydrogens is 477 g/mol. The molecule has 178 valence electrons. The molecule has 0 fully saturated rings. The van der Waals surface area contributed by atoms with Crippen LogP contribution in [0.3, 0.4) is 0 Å². The van der Waals surface area contributed by atoms with Gasteiger partial charge in [-0.1, -0.05) is 48.0 Å². The Balaban J connectivity index is 1.31. The minimum atomic E-state index is -4.41. The van der Waals surface area contributed by atoms with Gasteiger partial charge in [0, 0.05) is 48.4 Å². The number of benzene rings is 2. The molecule has 1 aliphatic rings. The number of alkyl halides is 3. The molecule has 1 aliphatic heterocycles. The molecule has 35 heavy (non-hydrogen) atoms. The maximum Gasteiger partial charge on any atom is 0.416 e. The van der Waals surface area contributed by atoms with Gasteiger partial charge in [0.1, 0.15) is 5.82 Å². The van der Waals surface area contributed by atoms with E-state index in [2.05, 4.69) is 19.9 Å². The summed E-state index contributed by atoms with van der Waals surface area (Å²) in [6.45, 7) is 1.74. The number of halogens is 4. The van der Waals surface area contributed by atoms with Gasteiger partial charge in [-0.3, -0.25) is 14.7 Å². The average Bonchev–Trinajstić information content (AvgIpc) is 2.85. The highest BCUT2D eigenvalue weighted by molar-refractivity contribution is 6.33. The quantitative estimate of drug-likeness (QED) is 0.392. The van der Waals surface area contributed by atoms with Gasteiger partial charge in [-0.15, -0.1) is 0 Å². The van der Waals surface area contributed by atoms with Crippen molar-refractivity contribution in [2.75, 3.05) is 6.54 Å². The third-order valence-electron chi connectivity index (χ3n) is 6.01. The molecule has 0 bridgehead atoms. The van der Waals surface area contributed by atoms with Gasteiger partial charge in [0.2, 0.25) is 0 Å². The lowest BCUT2D eigenvalue weighted by Crippen LogP contribution is -2.35. The van der Waals surface area contributed by atoms with Crippen molar-refractivity contribution in [1.29, 1.82) is 0 Å². The Labute approximate surface area is 204 Å². The van der Waals surface area contributed by atoms with Gasteiger partial charge >= 0.3 is 6.18 Å². The van der Waals surface area contributed by atoms with Crippen LogP contribution in [-0.4, -0.2) is 26.4 Å². The number of aromatic amines is 1. The first-order valence-electron chi connectivity index (χ1n) is 11.0. The lowest BCUT2D eigenvalue weighted by Gasteiger charge is -2.27. The van der Waals surface area contributed by atoms with E-state index in [-0.39, 0.29) is 11.4 Å². The molecule has 9 heteroatoms. The van der Waals surface area contributed by atoms with Crippen molar-refractivity contribution in [2.24, 2.45) is 0 Å². The van der Waals surface area contributed by atoms with Crippen molar-refractivity contribution in [3.8, 4) is 22.6 Å². The van der Waals surface area contributed by atoms with Gasteiger partial charge in [-0.2, -0.15) is 13.2 Å². The summed E-state index contributed by atoms with van der Waals surface area (Å²) in [5, 5.41) is 0.641.